The first-order valence-electron chi connectivity index (χ1n) is 10.6. The largest absolute Gasteiger partial charge is 0.484 e. The topological polar surface area (TPSA) is 67.4 Å². The molecule has 1 unspecified atom stereocenters. The summed E-state index contributed by atoms with van der Waals surface area (Å²) >= 11 is 1.62. The molecule has 6 heteroatoms. The molecule has 0 saturated carbocycles. The highest BCUT2D eigenvalue weighted by Gasteiger charge is 2.19. The Morgan fingerprint density at radius 1 is 1.16 bits per heavy atom. The van der Waals surface area contributed by atoms with E-state index in [1.807, 2.05) is 29.6 Å². The minimum Gasteiger partial charge on any atom is -0.484 e. The number of carbonyl (C=O) groups excluding carboxylic acids is 2. The minimum absolute atomic E-state index is 0.0305. The molecule has 4 rings (SSSR count). The fraction of sp³-hybridized carbons (Fsp3) is 0.280. The van der Waals surface area contributed by atoms with Crippen molar-refractivity contribution in [3.05, 3.63) is 81.5 Å². The molecule has 5 nitrogen and oxygen atoms in total. The smallest absolute Gasteiger partial charge is 0.258 e. The summed E-state index contributed by atoms with van der Waals surface area (Å²) in [6, 6.07) is 17.8. The number of hydrogen-bond donors (Lipinski definition) is 2. The molecule has 0 saturated heterocycles. The minimum atomic E-state index is -0.203. The molecule has 0 bridgehead atoms. The van der Waals surface area contributed by atoms with E-state index in [2.05, 4.69) is 41.8 Å². The summed E-state index contributed by atoms with van der Waals surface area (Å²) < 4.78 is 5.74. The van der Waals surface area contributed by atoms with Gasteiger partial charge in [-0.1, -0.05) is 43.7 Å². The second kappa shape index (κ2) is 9.79. The third-order valence-corrected chi connectivity index (χ3v) is 6.26. The first-order valence-corrected chi connectivity index (χ1v) is 11.5. The number of rotatable bonds is 8. The molecule has 1 aliphatic rings. The lowest BCUT2D eigenvalue weighted by molar-refractivity contribution is -0.123. The van der Waals surface area contributed by atoms with E-state index in [1.54, 1.807) is 17.4 Å². The Kier molecular flexibility index (Phi) is 6.67. The average molecular weight is 435 g/mol. The SMILES string of the molecule is CCCc1ccc(C(NC(=O)COc2ccc3c(c2)CCC(=O)N3)c2cccs2)cc1. The number of fused-ring (bicyclic) bond motifs is 1. The van der Waals surface area contributed by atoms with Gasteiger partial charge in [0.2, 0.25) is 5.91 Å². The van der Waals surface area contributed by atoms with Gasteiger partial charge in [-0.2, -0.15) is 0 Å². The highest BCUT2D eigenvalue weighted by Crippen LogP contribution is 2.28. The number of ether oxygens (including phenoxy) is 1. The number of thiophene rings is 1. The third kappa shape index (κ3) is 5.33. The predicted octanol–water partition coefficient (Wildman–Crippen LogP) is 4.87. The molecule has 31 heavy (non-hydrogen) atoms. The lowest BCUT2D eigenvalue weighted by Crippen LogP contribution is -2.33. The van der Waals surface area contributed by atoms with Crippen LogP contribution in [0.15, 0.2) is 60.0 Å². The lowest BCUT2D eigenvalue weighted by Gasteiger charge is -2.20. The van der Waals surface area contributed by atoms with Gasteiger partial charge in [-0.3, -0.25) is 9.59 Å². The third-order valence-electron chi connectivity index (χ3n) is 5.33. The van der Waals surface area contributed by atoms with Gasteiger partial charge in [0, 0.05) is 17.0 Å². The van der Waals surface area contributed by atoms with E-state index in [-0.39, 0.29) is 24.5 Å². The summed E-state index contributed by atoms with van der Waals surface area (Å²) in [6.07, 6.45) is 3.31. The zero-order valence-corrected chi connectivity index (χ0v) is 18.3. The molecule has 0 fully saturated rings. The molecule has 0 spiro atoms. The fourth-order valence-electron chi connectivity index (χ4n) is 3.74. The Morgan fingerprint density at radius 3 is 2.74 bits per heavy atom. The van der Waals surface area contributed by atoms with Gasteiger partial charge in [-0.25, -0.2) is 0 Å². The van der Waals surface area contributed by atoms with Gasteiger partial charge in [0.25, 0.3) is 5.91 Å². The molecule has 1 aliphatic heterocycles. The summed E-state index contributed by atoms with van der Waals surface area (Å²) in [5.74, 6) is 0.478. The summed E-state index contributed by atoms with van der Waals surface area (Å²) in [5, 5.41) is 7.98. The number of amides is 2. The van der Waals surface area contributed by atoms with Crippen molar-refractivity contribution in [3.8, 4) is 5.75 Å². The number of benzene rings is 2. The van der Waals surface area contributed by atoms with Crippen molar-refractivity contribution >= 4 is 28.8 Å². The fourth-order valence-corrected chi connectivity index (χ4v) is 4.54. The number of aryl methyl sites for hydroxylation is 2. The van der Waals surface area contributed by atoms with Crippen molar-refractivity contribution in [2.75, 3.05) is 11.9 Å². The van der Waals surface area contributed by atoms with Gasteiger partial charge < -0.3 is 15.4 Å². The van der Waals surface area contributed by atoms with Crippen molar-refractivity contribution in [2.24, 2.45) is 0 Å². The van der Waals surface area contributed by atoms with E-state index < -0.39 is 0 Å². The molecule has 160 valence electrons. The molecule has 2 N–H and O–H groups in total. The molecule has 1 atom stereocenters. The van der Waals surface area contributed by atoms with E-state index >= 15 is 0 Å². The van der Waals surface area contributed by atoms with Crippen molar-refractivity contribution in [1.29, 1.82) is 0 Å². The highest BCUT2D eigenvalue weighted by atomic mass is 32.1. The zero-order valence-electron chi connectivity index (χ0n) is 17.5. The van der Waals surface area contributed by atoms with Crippen molar-refractivity contribution < 1.29 is 14.3 Å². The molecule has 1 aromatic heterocycles. The monoisotopic (exact) mass is 434 g/mol. The van der Waals surface area contributed by atoms with Crippen LogP contribution in [0.5, 0.6) is 5.75 Å². The molecule has 0 aliphatic carbocycles. The Labute approximate surface area is 186 Å². The second-order valence-electron chi connectivity index (χ2n) is 7.66. The second-order valence-corrected chi connectivity index (χ2v) is 8.64. The van der Waals surface area contributed by atoms with Crippen LogP contribution in [-0.4, -0.2) is 18.4 Å². The van der Waals surface area contributed by atoms with E-state index in [4.69, 9.17) is 4.74 Å². The number of carbonyl (C=O) groups is 2. The van der Waals surface area contributed by atoms with Crippen LogP contribution in [-0.2, 0) is 22.4 Å². The van der Waals surface area contributed by atoms with Gasteiger partial charge >= 0.3 is 0 Å². The zero-order chi connectivity index (χ0) is 21.6. The van der Waals surface area contributed by atoms with Crippen molar-refractivity contribution in [1.82, 2.24) is 5.32 Å². The van der Waals surface area contributed by atoms with E-state index in [0.29, 0.717) is 18.6 Å². The molecule has 0 radical (unpaired) electrons. The summed E-state index contributed by atoms with van der Waals surface area (Å²) in [7, 11) is 0. The van der Waals surface area contributed by atoms with Crippen LogP contribution in [0.3, 0.4) is 0 Å². The van der Waals surface area contributed by atoms with Crippen LogP contribution in [0.2, 0.25) is 0 Å². The van der Waals surface area contributed by atoms with Crippen LogP contribution in [0.1, 0.15) is 47.4 Å². The number of anilines is 1. The van der Waals surface area contributed by atoms with Crippen LogP contribution in [0, 0.1) is 0 Å². The Morgan fingerprint density at radius 2 is 2.00 bits per heavy atom. The average Bonchev–Trinajstić information content (AvgIpc) is 3.31. The summed E-state index contributed by atoms with van der Waals surface area (Å²) in [6.45, 7) is 2.10. The maximum atomic E-state index is 12.7. The Bertz CT molecular complexity index is 1050. The van der Waals surface area contributed by atoms with E-state index in [1.165, 1.54) is 5.56 Å². The number of nitrogens with one attached hydrogen (secondary N) is 2. The standard InChI is InChI=1S/C25H26N2O3S/c1-2-4-17-6-8-18(9-7-17)25(22-5-3-14-31-22)27-24(29)16-30-20-11-12-21-19(15-20)10-13-23(28)26-21/h3,5-9,11-12,14-15,25H,2,4,10,13,16H2,1H3,(H,26,28)(H,27,29). The normalized spacial score (nSPS) is 13.8. The van der Waals surface area contributed by atoms with Crippen LogP contribution in [0.25, 0.3) is 0 Å². The Balaban J connectivity index is 1.41. The van der Waals surface area contributed by atoms with Gasteiger partial charge in [-0.15, -0.1) is 11.3 Å². The molecular weight excluding hydrogens is 408 g/mol. The van der Waals surface area contributed by atoms with Gasteiger partial charge in [0.05, 0.1) is 6.04 Å². The van der Waals surface area contributed by atoms with Crippen LogP contribution < -0.4 is 15.4 Å². The van der Waals surface area contributed by atoms with Gasteiger partial charge in [0.15, 0.2) is 6.61 Å². The van der Waals surface area contributed by atoms with E-state index in [0.717, 1.165) is 34.5 Å². The predicted molar refractivity (Wildman–Crippen MR) is 124 cm³/mol. The molecule has 2 heterocycles. The van der Waals surface area contributed by atoms with Gasteiger partial charge in [-0.05, 0) is 59.2 Å². The van der Waals surface area contributed by atoms with Crippen LogP contribution >= 0.6 is 11.3 Å². The first-order chi connectivity index (χ1) is 15.1. The first kappa shape index (κ1) is 21.1. The van der Waals surface area contributed by atoms with Crippen molar-refractivity contribution in [3.63, 3.8) is 0 Å². The maximum Gasteiger partial charge on any atom is 0.258 e. The van der Waals surface area contributed by atoms with Crippen molar-refractivity contribution in [2.45, 2.75) is 38.6 Å². The molecule has 2 aromatic carbocycles. The molecule has 3 aromatic rings. The van der Waals surface area contributed by atoms with E-state index in [9.17, 15) is 9.59 Å². The summed E-state index contributed by atoms with van der Waals surface area (Å²) in [4.78, 5) is 25.3. The van der Waals surface area contributed by atoms with Crippen LogP contribution in [0.4, 0.5) is 5.69 Å². The highest BCUT2D eigenvalue weighted by molar-refractivity contribution is 7.10. The molecule has 2 amide bonds. The Hall–Kier alpha value is -3.12. The quantitative estimate of drug-likeness (QED) is 0.532. The maximum absolute atomic E-state index is 12.7. The lowest BCUT2D eigenvalue weighted by atomic mass is 10.0. The summed E-state index contributed by atoms with van der Waals surface area (Å²) in [5.41, 5.74) is 4.20. The molecular formula is C25H26N2O3S. The van der Waals surface area contributed by atoms with Gasteiger partial charge in [0.1, 0.15) is 5.75 Å². The number of hydrogen-bond acceptors (Lipinski definition) is 4.